The van der Waals surface area contributed by atoms with E-state index < -0.39 is 21.1 Å². The molecule has 0 heterocycles. The Kier molecular flexibility index (Phi) is 22.6. The van der Waals surface area contributed by atoms with Crippen LogP contribution in [0, 0.1) is 23.7 Å². The number of amides is 1. The molecule has 0 saturated heterocycles. The van der Waals surface area contributed by atoms with Crippen LogP contribution in [0.25, 0.3) is 0 Å². The van der Waals surface area contributed by atoms with Gasteiger partial charge in [-0.3, -0.25) is 9.35 Å². The molecule has 0 aliphatic rings. The number of nitrogens with one attached hydrogen (secondary N) is 1. The first-order valence-corrected chi connectivity index (χ1v) is 16.2. The van der Waals surface area contributed by atoms with Gasteiger partial charge in [0.25, 0.3) is 5.06 Å². The van der Waals surface area contributed by atoms with Crippen LogP contribution in [0.15, 0.2) is 0 Å². The first kappa shape index (κ1) is 35.5. The highest BCUT2D eigenvalue weighted by Gasteiger charge is 2.41. The molecule has 214 valence electrons. The highest BCUT2D eigenvalue weighted by molar-refractivity contribution is 7.87. The molecule has 0 aromatic rings. The predicted octanol–water partition coefficient (Wildman–Crippen LogP) is 7.27. The highest BCUT2D eigenvalue weighted by atomic mass is 32.2. The molecule has 0 aromatic heterocycles. The fraction of sp³-hybridized carbons (Fsp3) is 0.833. The maximum absolute atomic E-state index is 12.0. The molecule has 0 aliphatic heterocycles. The van der Waals surface area contributed by atoms with E-state index in [1.54, 1.807) is 0 Å². The van der Waals surface area contributed by atoms with Gasteiger partial charge in [0, 0.05) is 25.7 Å². The van der Waals surface area contributed by atoms with E-state index in [2.05, 4.69) is 35.9 Å². The monoisotopic (exact) mass is 539 g/mol. The third-order valence-electron chi connectivity index (χ3n) is 6.48. The summed E-state index contributed by atoms with van der Waals surface area (Å²) < 4.78 is 32.1. The summed E-state index contributed by atoms with van der Waals surface area (Å²) in [6.45, 7) is 4.08. The first-order chi connectivity index (χ1) is 17.8. The largest absolute Gasteiger partial charge is 0.357 e. The van der Waals surface area contributed by atoms with E-state index in [1.165, 1.54) is 64.2 Å². The van der Waals surface area contributed by atoms with Crippen molar-refractivity contribution in [2.75, 3.05) is 0 Å². The molecule has 1 amide bonds. The van der Waals surface area contributed by atoms with Crippen LogP contribution in [0.3, 0.4) is 0 Å². The number of unbranched alkanes of at least 4 members (excludes halogenated alkanes) is 17. The Morgan fingerprint density at radius 3 is 1.51 bits per heavy atom. The van der Waals surface area contributed by atoms with Crippen LogP contribution in [-0.4, -0.2) is 29.0 Å². The fourth-order valence-electron chi connectivity index (χ4n) is 4.07. The average Bonchev–Trinajstić information content (AvgIpc) is 2.85. The molecule has 0 rings (SSSR count). The van der Waals surface area contributed by atoms with Crippen LogP contribution in [0.5, 0.6) is 0 Å². The van der Waals surface area contributed by atoms with Gasteiger partial charge >= 0.3 is 10.1 Å². The third-order valence-corrected chi connectivity index (χ3v) is 7.64. The molecule has 0 radical (unpaired) electrons. The zero-order valence-corrected chi connectivity index (χ0v) is 24.4. The van der Waals surface area contributed by atoms with E-state index in [9.17, 15) is 22.9 Å². The zero-order chi connectivity index (χ0) is 27.7. The molecule has 7 heteroatoms. The number of aliphatic hydroxyl groups is 1. The Hall–Kier alpha value is -1.54. The van der Waals surface area contributed by atoms with Crippen LogP contribution in [0.2, 0.25) is 0 Å². The normalized spacial score (nSPS) is 12.6. The Morgan fingerprint density at radius 1 is 0.676 bits per heavy atom. The predicted molar refractivity (Wildman–Crippen MR) is 153 cm³/mol. The van der Waals surface area contributed by atoms with Crippen molar-refractivity contribution in [3.63, 3.8) is 0 Å². The molecule has 0 spiro atoms. The van der Waals surface area contributed by atoms with E-state index in [1.807, 2.05) is 6.92 Å². The standard InChI is InChI=1S/C30H53NO5S/c1-3-5-7-8-9-10-11-12-13-14-15-16-17-18-19-20-21-22-23-24-25-26-27-29(32)31-30(33,28-6-4-2)37(34,35)36/h33H,3-15,20-28H2,1-2H3,(H,31,32)(H,34,35,36). The van der Waals surface area contributed by atoms with Gasteiger partial charge in [-0.25, -0.2) is 0 Å². The Labute approximate surface area is 227 Å². The number of hydrogen-bond donors (Lipinski definition) is 3. The van der Waals surface area contributed by atoms with Crippen molar-refractivity contribution in [2.45, 2.75) is 160 Å². The van der Waals surface area contributed by atoms with Gasteiger partial charge in [-0.05, 0) is 37.5 Å². The van der Waals surface area contributed by atoms with Gasteiger partial charge < -0.3 is 10.4 Å². The molecular weight excluding hydrogens is 486 g/mol. The van der Waals surface area contributed by atoms with Crippen LogP contribution in [0.4, 0.5) is 0 Å². The molecule has 0 aliphatic carbocycles. The Balaban J connectivity index is 3.66. The van der Waals surface area contributed by atoms with Crippen molar-refractivity contribution in [3.8, 4) is 23.7 Å². The topological polar surface area (TPSA) is 104 Å². The lowest BCUT2D eigenvalue weighted by Crippen LogP contribution is -2.54. The second-order valence-electron chi connectivity index (χ2n) is 10.1. The molecule has 6 nitrogen and oxygen atoms in total. The molecule has 1 unspecified atom stereocenters. The summed E-state index contributed by atoms with van der Waals surface area (Å²) in [6.07, 6.45) is 21.7. The molecule has 0 fully saturated rings. The highest BCUT2D eigenvalue weighted by Crippen LogP contribution is 2.18. The molecule has 3 N–H and O–H groups in total. The number of rotatable bonds is 23. The number of carbonyl (C=O) groups excluding carboxylic acids is 1. The van der Waals surface area contributed by atoms with E-state index in [4.69, 9.17) is 0 Å². The summed E-state index contributed by atoms with van der Waals surface area (Å²) in [5.41, 5.74) is 0. The molecule has 1 atom stereocenters. The fourth-order valence-corrected chi connectivity index (χ4v) is 4.72. The van der Waals surface area contributed by atoms with Gasteiger partial charge in [-0.1, -0.05) is 116 Å². The minimum absolute atomic E-state index is 0.118. The van der Waals surface area contributed by atoms with Crippen molar-refractivity contribution >= 4 is 16.0 Å². The Bertz CT molecular complexity index is 803. The van der Waals surface area contributed by atoms with Gasteiger partial charge in [0.1, 0.15) is 0 Å². The van der Waals surface area contributed by atoms with Crippen LogP contribution in [-0.2, 0) is 14.9 Å². The van der Waals surface area contributed by atoms with Crippen molar-refractivity contribution in [1.82, 2.24) is 5.32 Å². The smallest absolute Gasteiger partial charge is 0.315 e. The third kappa shape index (κ3) is 21.1. The quantitative estimate of drug-likeness (QED) is 0.0548. The number of hydrogen-bond acceptors (Lipinski definition) is 4. The van der Waals surface area contributed by atoms with E-state index >= 15 is 0 Å². The Morgan fingerprint density at radius 2 is 1.08 bits per heavy atom. The van der Waals surface area contributed by atoms with E-state index in [-0.39, 0.29) is 12.8 Å². The molecule has 0 saturated carbocycles. The van der Waals surface area contributed by atoms with Crippen molar-refractivity contribution in [1.29, 1.82) is 0 Å². The maximum Gasteiger partial charge on any atom is 0.315 e. The van der Waals surface area contributed by atoms with Gasteiger partial charge in [0.05, 0.1) is 0 Å². The summed E-state index contributed by atoms with van der Waals surface area (Å²) in [7, 11) is -4.79. The SMILES string of the molecule is CCCCCCCCCCCCC#CC#CCCCCCCCCC(=O)NC(O)(CCCC)S(=O)(=O)O. The van der Waals surface area contributed by atoms with Gasteiger partial charge in [-0.15, -0.1) is 0 Å². The second kappa shape index (κ2) is 23.6. The van der Waals surface area contributed by atoms with E-state index in [0.29, 0.717) is 19.3 Å². The molecule has 0 aromatic carbocycles. The lowest BCUT2D eigenvalue weighted by Gasteiger charge is -2.25. The second-order valence-corrected chi connectivity index (χ2v) is 11.7. The molecular formula is C30H53NO5S. The minimum atomic E-state index is -4.79. The van der Waals surface area contributed by atoms with Crippen molar-refractivity contribution in [2.24, 2.45) is 0 Å². The minimum Gasteiger partial charge on any atom is -0.357 e. The average molecular weight is 540 g/mol. The maximum atomic E-state index is 12.0. The lowest BCUT2D eigenvalue weighted by atomic mass is 10.1. The van der Waals surface area contributed by atoms with Gasteiger partial charge in [-0.2, -0.15) is 8.42 Å². The zero-order valence-electron chi connectivity index (χ0n) is 23.6. The van der Waals surface area contributed by atoms with Crippen LogP contribution in [0.1, 0.15) is 155 Å². The van der Waals surface area contributed by atoms with Crippen molar-refractivity contribution < 1.29 is 22.9 Å². The van der Waals surface area contributed by atoms with Gasteiger partial charge in [0.2, 0.25) is 5.91 Å². The summed E-state index contributed by atoms with van der Waals surface area (Å²) in [5.74, 6) is 11.6. The summed E-state index contributed by atoms with van der Waals surface area (Å²) in [5, 5.41) is 9.62. The lowest BCUT2D eigenvalue weighted by molar-refractivity contribution is -0.125. The van der Waals surface area contributed by atoms with Crippen molar-refractivity contribution in [3.05, 3.63) is 0 Å². The molecule has 37 heavy (non-hydrogen) atoms. The summed E-state index contributed by atoms with van der Waals surface area (Å²) in [6, 6.07) is 0. The van der Waals surface area contributed by atoms with Crippen LogP contribution < -0.4 is 5.32 Å². The first-order valence-electron chi connectivity index (χ1n) is 14.7. The van der Waals surface area contributed by atoms with E-state index in [0.717, 1.165) is 44.9 Å². The molecule has 0 bridgehead atoms. The van der Waals surface area contributed by atoms with Gasteiger partial charge in [0.15, 0.2) is 0 Å². The van der Waals surface area contributed by atoms with Crippen LogP contribution >= 0.6 is 0 Å². The summed E-state index contributed by atoms with van der Waals surface area (Å²) in [4.78, 5) is 12.0. The summed E-state index contributed by atoms with van der Waals surface area (Å²) >= 11 is 0. The number of carbonyl (C=O) groups is 1.